The van der Waals surface area contributed by atoms with Crippen LogP contribution in [0.1, 0.15) is 33.1 Å². The Balaban J connectivity index is 1.82. The minimum absolute atomic E-state index is 0.596. The van der Waals surface area contributed by atoms with Gasteiger partial charge in [-0.25, -0.2) is 0 Å². The average molecular weight is 254 g/mol. The largest absolute Gasteiger partial charge is 0.381 e. The van der Waals surface area contributed by atoms with E-state index in [1.54, 1.807) is 0 Å². The molecule has 2 aromatic rings. The maximum absolute atomic E-state index is 4.52. The number of nitrogens with one attached hydrogen (secondary N) is 1. The van der Waals surface area contributed by atoms with E-state index in [1.807, 2.05) is 12.3 Å². The molecule has 0 spiro atoms. The van der Waals surface area contributed by atoms with Crippen molar-refractivity contribution in [1.82, 2.24) is 4.98 Å². The van der Waals surface area contributed by atoms with Crippen LogP contribution >= 0.6 is 0 Å². The first-order valence-corrected chi connectivity index (χ1v) is 7.34. The lowest BCUT2D eigenvalue weighted by atomic mass is 9.79. The zero-order chi connectivity index (χ0) is 13.2. The van der Waals surface area contributed by atoms with Crippen molar-refractivity contribution in [3.63, 3.8) is 0 Å². The van der Waals surface area contributed by atoms with Crippen molar-refractivity contribution in [2.45, 2.75) is 39.2 Å². The monoisotopic (exact) mass is 254 g/mol. The molecule has 3 atom stereocenters. The molecule has 3 unspecified atom stereocenters. The molecular formula is C17H22N2. The Bertz CT molecular complexity index is 559. The lowest BCUT2D eigenvalue weighted by Gasteiger charge is -2.33. The highest BCUT2D eigenvalue weighted by molar-refractivity contribution is 5.90. The summed E-state index contributed by atoms with van der Waals surface area (Å²) in [5, 5.41) is 4.93. The van der Waals surface area contributed by atoms with Crippen LogP contribution in [0.3, 0.4) is 0 Å². The molecule has 1 aromatic carbocycles. The molecule has 0 bridgehead atoms. The van der Waals surface area contributed by atoms with Crippen molar-refractivity contribution >= 4 is 16.6 Å². The van der Waals surface area contributed by atoms with E-state index in [-0.39, 0.29) is 0 Å². The highest BCUT2D eigenvalue weighted by Crippen LogP contribution is 2.32. The quantitative estimate of drug-likeness (QED) is 0.855. The average Bonchev–Trinajstić information content (AvgIpc) is 2.43. The molecule has 0 saturated heterocycles. The van der Waals surface area contributed by atoms with Gasteiger partial charge in [0.05, 0.1) is 11.2 Å². The molecule has 1 aromatic heterocycles. The maximum atomic E-state index is 4.52. The van der Waals surface area contributed by atoms with Gasteiger partial charge in [-0.15, -0.1) is 0 Å². The second-order valence-corrected chi connectivity index (χ2v) is 5.99. The fourth-order valence-electron chi connectivity index (χ4n) is 3.12. The number of fused-ring (bicyclic) bond motifs is 1. The normalized spacial score (nSPS) is 27.4. The van der Waals surface area contributed by atoms with Crippen LogP contribution < -0.4 is 5.32 Å². The third kappa shape index (κ3) is 2.58. The van der Waals surface area contributed by atoms with Crippen molar-refractivity contribution in [3.8, 4) is 0 Å². The van der Waals surface area contributed by atoms with Gasteiger partial charge in [0.15, 0.2) is 0 Å². The lowest BCUT2D eigenvalue weighted by Crippen LogP contribution is -2.30. The van der Waals surface area contributed by atoms with Crippen LogP contribution in [0.5, 0.6) is 0 Å². The molecular weight excluding hydrogens is 232 g/mol. The molecule has 0 radical (unpaired) electrons. The van der Waals surface area contributed by atoms with E-state index in [9.17, 15) is 0 Å². The zero-order valence-corrected chi connectivity index (χ0v) is 11.8. The summed E-state index contributed by atoms with van der Waals surface area (Å²) in [6, 6.07) is 11.1. The van der Waals surface area contributed by atoms with Crippen molar-refractivity contribution in [3.05, 3.63) is 36.5 Å². The van der Waals surface area contributed by atoms with Gasteiger partial charge >= 0.3 is 0 Å². The summed E-state index contributed by atoms with van der Waals surface area (Å²) < 4.78 is 0. The molecule has 1 aliphatic carbocycles. The van der Waals surface area contributed by atoms with Gasteiger partial charge in [-0.1, -0.05) is 32.0 Å². The Morgan fingerprint density at radius 3 is 2.74 bits per heavy atom. The summed E-state index contributed by atoms with van der Waals surface area (Å²) in [4.78, 5) is 4.52. The van der Waals surface area contributed by atoms with Crippen molar-refractivity contribution in [2.24, 2.45) is 11.8 Å². The summed E-state index contributed by atoms with van der Waals surface area (Å²) in [5.74, 6) is 1.68. The molecule has 3 rings (SSSR count). The van der Waals surface area contributed by atoms with Gasteiger partial charge in [-0.05, 0) is 43.2 Å². The second-order valence-electron chi connectivity index (χ2n) is 5.99. The Kier molecular flexibility index (Phi) is 3.41. The van der Waals surface area contributed by atoms with E-state index in [0.29, 0.717) is 6.04 Å². The molecule has 0 amide bonds. The van der Waals surface area contributed by atoms with Gasteiger partial charge in [0.25, 0.3) is 0 Å². The first-order valence-electron chi connectivity index (χ1n) is 7.34. The molecule has 1 saturated carbocycles. The fourth-order valence-corrected chi connectivity index (χ4v) is 3.12. The van der Waals surface area contributed by atoms with Gasteiger partial charge in [-0.3, -0.25) is 4.98 Å². The lowest BCUT2D eigenvalue weighted by molar-refractivity contribution is 0.261. The third-order valence-corrected chi connectivity index (χ3v) is 4.59. The van der Waals surface area contributed by atoms with Gasteiger partial charge < -0.3 is 5.32 Å². The number of benzene rings is 1. The van der Waals surface area contributed by atoms with Crippen molar-refractivity contribution in [1.29, 1.82) is 0 Å². The Labute approximate surface area is 115 Å². The van der Waals surface area contributed by atoms with E-state index in [0.717, 1.165) is 17.4 Å². The number of nitrogens with zero attached hydrogens (tertiary/aromatic N) is 1. The highest BCUT2D eigenvalue weighted by Gasteiger charge is 2.24. The SMILES string of the molecule is CC1CCC(Nc2cccc3cccnc23)CC1C. The fraction of sp³-hybridized carbons (Fsp3) is 0.471. The van der Waals surface area contributed by atoms with Crippen LogP contribution in [-0.4, -0.2) is 11.0 Å². The van der Waals surface area contributed by atoms with Crippen LogP contribution in [0, 0.1) is 11.8 Å². The minimum atomic E-state index is 0.596. The first kappa shape index (κ1) is 12.5. The molecule has 1 fully saturated rings. The Morgan fingerprint density at radius 2 is 1.89 bits per heavy atom. The summed E-state index contributed by atoms with van der Waals surface area (Å²) >= 11 is 0. The minimum Gasteiger partial charge on any atom is -0.381 e. The van der Waals surface area contributed by atoms with Gasteiger partial charge in [0.2, 0.25) is 0 Å². The van der Waals surface area contributed by atoms with Crippen LogP contribution in [0.2, 0.25) is 0 Å². The number of pyridine rings is 1. The highest BCUT2D eigenvalue weighted by atomic mass is 14.9. The van der Waals surface area contributed by atoms with Crippen LogP contribution in [0.4, 0.5) is 5.69 Å². The second kappa shape index (κ2) is 5.20. The van der Waals surface area contributed by atoms with E-state index < -0.39 is 0 Å². The zero-order valence-electron chi connectivity index (χ0n) is 11.8. The molecule has 0 aliphatic heterocycles. The predicted molar refractivity (Wildman–Crippen MR) is 81.3 cm³/mol. The first-order chi connectivity index (χ1) is 9.24. The molecule has 1 aliphatic rings. The Morgan fingerprint density at radius 1 is 1.05 bits per heavy atom. The summed E-state index contributed by atoms with van der Waals surface area (Å²) in [6.07, 6.45) is 5.75. The summed E-state index contributed by atoms with van der Waals surface area (Å²) in [6.45, 7) is 4.75. The van der Waals surface area contributed by atoms with Crippen molar-refractivity contribution < 1.29 is 0 Å². The predicted octanol–water partition coefficient (Wildman–Crippen LogP) is 4.47. The molecule has 19 heavy (non-hydrogen) atoms. The van der Waals surface area contributed by atoms with Gasteiger partial charge in [0.1, 0.15) is 0 Å². The van der Waals surface area contributed by atoms with Crippen LogP contribution in [0.15, 0.2) is 36.5 Å². The molecule has 100 valence electrons. The third-order valence-electron chi connectivity index (χ3n) is 4.59. The standard InChI is InChI=1S/C17H22N2/c1-12-8-9-15(11-13(12)2)19-16-7-3-5-14-6-4-10-18-17(14)16/h3-7,10,12-13,15,19H,8-9,11H2,1-2H3. The number of para-hydroxylation sites is 1. The van der Waals surface area contributed by atoms with E-state index in [1.165, 1.54) is 30.3 Å². The topological polar surface area (TPSA) is 24.9 Å². The maximum Gasteiger partial charge on any atom is 0.0933 e. The molecule has 2 nitrogen and oxygen atoms in total. The number of anilines is 1. The number of hydrogen-bond donors (Lipinski definition) is 1. The van der Waals surface area contributed by atoms with E-state index >= 15 is 0 Å². The molecule has 1 heterocycles. The number of hydrogen-bond acceptors (Lipinski definition) is 2. The Hall–Kier alpha value is -1.57. The molecule has 2 heteroatoms. The summed E-state index contributed by atoms with van der Waals surface area (Å²) in [5.41, 5.74) is 2.28. The van der Waals surface area contributed by atoms with E-state index in [4.69, 9.17) is 0 Å². The smallest absolute Gasteiger partial charge is 0.0933 e. The number of rotatable bonds is 2. The van der Waals surface area contributed by atoms with Crippen molar-refractivity contribution in [2.75, 3.05) is 5.32 Å². The van der Waals surface area contributed by atoms with Crippen LogP contribution in [0.25, 0.3) is 10.9 Å². The van der Waals surface area contributed by atoms with E-state index in [2.05, 4.69) is 48.4 Å². The van der Waals surface area contributed by atoms with Gasteiger partial charge in [0, 0.05) is 17.6 Å². The van der Waals surface area contributed by atoms with Gasteiger partial charge in [-0.2, -0.15) is 0 Å². The van der Waals surface area contributed by atoms with Crippen LogP contribution in [-0.2, 0) is 0 Å². The molecule has 1 N–H and O–H groups in total. The summed E-state index contributed by atoms with van der Waals surface area (Å²) in [7, 11) is 0. The number of aromatic nitrogens is 1.